The molecule has 5 heteroatoms. The highest BCUT2D eigenvalue weighted by molar-refractivity contribution is 7.99. The first-order chi connectivity index (χ1) is 8.20. The summed E-state index contributed by atoms with van der Waals surface area (Å²) in [5, 5.41) is 9.39. The predicted octanol–water partition coefficient (Wildman–Crippen LogP) is 2.95. The fraction of sp³-hybridized carbons (Fsp3) is 0.0833. The molecule has 0 aliphatic rings. The predicted molar refractivity (Wildman–Crippen MR) is 62.0 cm³/mol. The Bertz CT molecular complexity index is 593. The summed E-state index contributed by atoms with van der Waals surface area (Å²) in [5.41, 5.74) is 0.861. The lowest BCUT2D eigenvalue weighted by Gasteiger charge is -2.03. The maximum atomic E-state index is 13.4. The van der Waals surface area contributed by atoms with E-state index in [0.29, 0.717) is 10.1 Å². The van der Waals surface area contributed by atoms with Crippen molar-refractivity contribution in [1.82, 2.24) is 9.97 Å². The van der Waals surface area contributed by atoms with Crippen molar-refractivity contribution in [3.8, 4) is 6.07 Å². The molecule has 17 heavy (non-hydrogen) atoms. The number of rotatable bonds is 2. The molecule has 0 radical (unpaired) electrons. The van der Waals surface area contributed by atoms with Crippen LogP contribution in [0.4, 0.5) is 4.39 Å². The molecule has 2 aromatic rings. The van der Waals surface area contributed by atoms with Crippen LogP contribution < -0.4 is 0 Å². The Balaban J connectivity index is 2.37. The van der Waals surface area contributed by atoms with E-state index in [0.717, 1.165) is 5.69 Å². The summed E-state index contributed by atoms with van der Waals surface area (Å²) in [5.74, 6) is -0.523. The summed E-state index contributed by atoms with van der Waals surface area (Å²) in [4.78, 5) is 8.78. The molecule has 1 heterocycles. The van der Waals surface area contributed by atoms with E-state index in [1.807, 2.05) is 13.0 Å². The van der Waals surface area contributed by atoms with Crippen molar-refractivity contribution in [3.63, 3.8) is 0 Å². The number of hydrogen-bond acceptors (Lipinski definition) is 4. The van der Waals surface area contributed by atoms with Crippen molar-refractivity contribution in [2.75, 3.05) is 0 Å². The Morgan fingerprint density at radius 2 is 2.18 bits per heavy atom. The minimum absolute atomic E-state index is 0.0302. The lowest BCUT2D eigenvalue weighted by molar-refractivity contribution is 0.620. The zero-order chi connectivity index (χ0) is 12.3. The normalized spacial score (nSPS) is 9.94. The molecule has 1 aromatic heterocycles. The first-order valence-electron chi connectivity index (χ1n) is 4.87. The highest BCUT2D eigenvalue weighted by Gasteiger charge is 2.10. The highest BCUT2D eigenvalue weighted by atomic mass is 32.2. The molecular formula is C12H8FN3S. The molecule has 0 bridgehead atoms. The molecule has 1 aromatic carbocycles. The zero-order valence-corrected chi connectivity index (χ0v) is 9.83. The van der Waals surface area contributed by atoms with Crippen molar-refractivity contribution in [1.29, 1.82) is 5.26 Å². The average molecular weight is 245 g/mol. The second-order valence-electron chi connectivity index (χ2n) is 3.31. The Hall–Kier alpha value is -1.93. The van der Waals surface area contributed by atoms with Gasteiger partial charge in [-0.2, -0.15) is 5.26 Å². The summed E-state index contributed by atoms with van der Waals surface area (Å²) >= 11 is 1.18. The van der Waals surface area contributed by atoms with Crippen LogP contribution in [-0.2, 0) is 0 Å². The monoisotopic (exact) mass is 245 g/mol. The van der Waals surface area contributed by atoms with E-state index in [9.17, 15) is 4.39 Å². The molecule has 0 saturated heterocycles. The van der Waals surface area contributed by atoms with Gasteiger partial charge < -0.3 is 0 Å². The van der Waals surface area contributed by atoms with E-state index in [2.05, 4.69) is 9.97 Å². The van der Waals surface area contributed by atoms with Crippen molar-refractivity contribution in [2.24, 2.45) is 0 Å². The number of nitrogens with zero attached hydrogens (tertiary/aromatic N) is 3. The second kappa shape index (κ2) is 4.93. The average Bonchev–Trinajstić information content (AvgIpc) is 2.29. The van der Waals surface area contributed by atoms with Crippen LogP contribution in [0.25, 0.3) is 0 Å². The van der Waals surface area contributed by atoms with Crippen LogP contribution in [0.5, 0.6) is 0 Å². The van der Waals surface area contributed by atoms with E-state index in [1.54, 1.807) is 24.4 Å². The van der Waals surface area contributed by atoms with Gasteiger partial charge in [0, 0.05) is 16.8 Å². The van der Waals surface area contributed by atoms with Gasteiger partial charge in [0.15, 0.2) is 5.16 Å². The van der Waals surface area contributed by atoms with E-state index in [1.165, 1.54) is 17.8 Å². The van der Waals surface area contributed by atoms with E-state index in [-0.39, 0.29) is 5.56 Å². The van der Waals surface area contributed by atoms with Gasteiger partial charge in [-0.15, -0.1) is 0 Å². The van der Waals surface area contributed by atoms with Crippen molar-refractivity contribution < 1.29 is 4.39 Å². The molecule has 3 nitrogen and oxygen atoms in total. The fourth-order valence-electron chi connectivity index (χ4n) is 1.27. The van der Waals surface area contributed by atoms with Crippen LogP contribution in [0.3, 0.4) is 0 Å². The fourth-order valence-corrected chi connectivity index (χ4v) is 2.16. The third-order valence-electron chi connectivity index (χ3n) is 2.06. The van der Waals surface area contributed by atoms with Crippen molar-refractivity contribution in [2.45, 2.75) is 17.0 Å². The lowest BCUT2D eigenvalue weighted by Crippen LogP contribution is -1.91. The van der Waals surface area contributed by atoms with E-state index < -0.39 is 5.82 Å². The minimum Gasteiger partial charge on any atom is -0.231 e. The van der Waals surface area contributed by atoms with Gasteiger partial charge in [-0.3, -0.25) is 0 Å². The standard InChI is InChI=1S/C12H8FN3S/c1-8-5-6-15-12(16-8)17-11-4-2-3-10(13)9(11)7-14/h2-6H,1H3. The van der Waals surface area contributed by atoms with Gasteiger partial charge in [-0.25, -0.2) is 14.4 Å². The van der Waals surface area contributed by atoms with E-state index >= 15 is 0 Å². The Labute approximate surface area is 102 Å². The van der Waals surface area contributed by atoms with Gasteiger partial charge in [0.05, 0.1) is 0 Å². The molecule has 0 spiro atoms. The summed E-state index contributed by atoms with van der Waals surface area (Å²) in [6, 6.07) is 8.13. The number of halogens is 1. The molecule has 0 amide bonds. The van der Waals surface area contributed by atoms with Crippen LogP contribution in [0.15, 0.2) is 40.5 Å². The highest BCUT2D eigenvalue weighted by Crippen LogP contribution is 2.28. The first kappa shape index (κ1) is 11.6. The van der Waals surface area contributed by atoms with Gasteiger partial charge in [0.2, 0.25) is 0 Å². The van der Waals surface area contributed by atoms with Crippen molar-refractivity contribution >= 4 is 11.8 Å². The first-order valence-corrected chi connectivity index (χ1v) is 5.68. The molecule has 2 rings (SSSR count). The number of aryl methyl sites for hydroxylation is 1. The Morgan fingerprint density at radius 1 is 1.35 bits per heavy atom. The summed E-state index contributed by atoms with van der Waals surface area (Å²) in [7, 11) is 0. The third kappa shape index (κ3) is 2.60. The topological polar surface area (TPSA) is 49.6 Å². The van der Waals surface area contributed by atoms with Crippen LogP contribution in [0, 0.1) is 24.1 Å². The number of benzene rings is 1. The summed E-state index contributed by atoms with van der Waals surface area (Å²) < 4.78 is 13.4. The van der Waals surface area contributed by atoms with Crippen molar-refractivity contribution in [3.05, 3.63) is 47.5 Å². The quantitative estimate of drug-likeness (QED) is 0.763. The molecule has 0 aliphatic carbocycles. The maximum Gasteiger partial charge on any atom is 0.192 e. The zero-order valence-electron chi connectivity index (χ0n) is 9.01. The van der Waals surface area contributed by atoms with Crippen LogP contribution in [-0.4, -0.2) is 9.97 Å². The van der Waals surface area contributed by atoms with Gasteiger partial charge in [0.25, 0.3) is 0 Å². The minimum atomic E-state index is -0.523. The number of hydrogen-bond donors (Lipinski definition) is 0. The molecule has 0 unspecified atom stereocenters. The molecule has 0 N–H and O–H groups in total. The van der Waals surface area contributed by atoms with E-state index in [4.69, 9.17) is 5.26 Å². The largest absolute Gasteiger partial charge is 0.231 e. The molecule has 0 fully saturated rings. The SMILES string of the molecule is Cc1ccnc(Sc2cccc(F)c2C#N)n1. The van der Waals surface area contributed by atoms with Gasteiger partial charge in [0.1, 0.15) is 17.4 Å². The summed E-state index contributed by atoms with van der Waals surface area (Å²) in [6.07, 6.45) is 1.63. The molecule has 0 atom stereocenters. The maximum absolute atomic E-state index is 13.4. The molecule has 0 aliphatic heterocycles. The van der Waals surface area contributed by atoms with Gasteiger partial charge >= 0.3 is 0 Å². The smallest absolute Gasteiger partial charge is 0.192 e. The second-order valence-corrected chi connectivity index (χ2v) is 4.32. The molecule has 84 valence electrons. The Kier molecular flexibility index (Phi) is 3.35. The number of aromatic nitrogens is 2. The van der Waals surface area contributed by atoms with Crippen LogP contribution >= 0.6 is 11.8 Å². The third-order valence-corrected chi connectivity index (χ3v) is 3.00. The lowest BCUT2D eigenvalue weighted by atomic mass is 10.2. The van der Waals surface area contributed by atoms with Crippen LogP contribution in [0.2, 0.25) is 0 Å². The summed E-state index contributed by atoms with van der Waals surface area (Å²) in [6.45, 7) is 1.85. The van der Waals surface area contributed by atoms with Gasteiger partial charge in [-0.05, 0) is 36.9 Å². The van der Waals surface area contributed by atoms with Gasteiger partial charge in [-0.1, -0.05) is 6.07 Å². The molecule has 0 saturated carbocycles. The number of nitriles is 1. The Morgan fingerprint density at radius 3 is 2.88 bits per heavy atom. The van der Waals surface area contributed by atoms with Crippen LogP contribution in [0.1, 0.15) is 11.3 Å². The molecular weight excluding hydrogens is 237 g/mol.